The molecule has 6 nitrogen and oxygen atoms in total. The molecule has 0 spiro atoms. The third-order valence-corrected chi connectivity index (χ3v) is 2.88. The van der Waals surface area contributed by atoms with E-state index < -0.39 is 11.9 Å². The molecule has 0 bridgehead atoms. The molecule has 18 heavy (non-hydrogen) atoms. The van der Waals surface area contributed by atoms with Crippen molar-refractivity contribution in [1.29, 1.82) is 0 Å². The van der Waals surface area contributed by atoms with Crippen molar-refractivity contribution < 1.29 is 19.1 Å². The van der Waals surface area contributed by atoms with Crippen LogP contribution >= 0.6 is 0 Å². The summed E-state index contributed by atoms with van der Waals surface area (Å²) in [6.07, 6.45) is 0.179. The molecule has 1 heterocycles. The molecule has 1 aliphatic heterocycles. The molecule has 100 valence electrons. The van der Waals surface area contributed by atoms with E-state index in [2.05, 4.69) is 0 Å². The first-order valence-electron chi connectivity index (χ1n) is 5.85. The Morgan fingerprint density at radius 2 is 2.11 bits per heavy atom. The fourth-order valence-corrected chi connectivity index (χ4v) is 2.08. The summed E-state index contributed by atoms with van der Waals surface area (Å²) >= 11 is 0. The molecule has 0 fully saturated rings. The lowest BCUT2D eigenvalue weighted by Crippen LogP contribution is -2.42. The molecule has 1 rings (SSSR count). The second-order valence-corrected chi connectivity index (χ2v) is 4.27. The van der Waals surface area contributed by atoms with Crippen molar-refractivity contribution in [3.63, 3.8) is 0 Å². The molecule has 0 aliphatic carbocycles. The summed E-state index contributed by atoms with van der Waals surface area (Å²) in [5.74, 6) is -1.46. The van der Waals surface area contributed by atoms with Gasteiger partial charge in [0.1, 0.15) is 6.54 Å². The van der Waals surface area contributed by atoms with E-state index in [0.717, 1.165) is 0 Å². The predicted octanol–water partition coefficient (Wildman–Crippen LogP) is 0.177. The van der Waals surface area contributed by atoms with Crippen LogP contribution in [0.3, 0.4) is 0 Å². The molecule has 0 saturated carbocycles. The zero-order valence-electron chi connectivity index (χ0n) is 10.9. The quantitative estimate of drug-likeness (QED) is 0.724. The molecule has 1 atom stereocenters. The minimum absolute atomic E-state index is 0.179. The fourth-order valence-electron chi connectivity index (χ4n) is 2.08. The number of nitrogens with zero attached hydrogens (tertiary/aromatic N) is 1. The number of carbonyl (C=O) groups excluding carboxylic acids is 3. The van der Waals surface area contributed by atoms with Crippen molar-refractivity contribution in [2.75, 3.05) is 13.2 Å². The minimum atomic E-state index is -0.611. The molecule has 0 saturated heterocycles. The van der Waals surface area contributed by atoms with E-state index in [-0.39, 0.29) is 31.4 Å². The number of rotatable bonds is 4. The predicted molar refractivity (Wildman–Crippen MR) is 64.0 cm³/mol. The largest absolute Gasteiger partial charge is 0.463 e. The Balaban J connectivity index is 3.09. The smallest absolute Gasteiger partial charge is 0.336 e. The van der Waals surface area contributed by atoms with E-state index in [0.29, 0.717) is 11.3 Å². The summed E-state index contributed by atoms with van der Waals surface area (Å²) in [4.78, 5) is 35.8. The lowest BCUT2D eigenvalue weighted by atomic mass is 9.91. The number of amides is 2. The van der Waals surface area contributed by atoms with E-state index in [4.69, 9.17) is 10.5 Å². The summed E-state index contributed by atoms with van der Waals surface area (Å²) in [5.41, 5.74) is 5.99. The molecule has 1 unspecified atom stereocenters. The number of nitrogens with two attached hydrogens (primary N) is 1. The molecule has 0 aromatic carbocycles. The summed E-state index contributed by atoms with van der Waals surface area (Å²) in [5, 5.41) is 0. The first-order valence-corrected chi connectivity index (χ1v) is 5.85. The number of primary amides is 1. The van der Waals surface area contributed by atoms with Gasteiger partial charge in [-0.15, -0.1) is 0 Å². The lowest BCUT2D eigenvalue weighted by molar-refractivity contribution is -0.141. The van der Waals surface area contributed by atoms with Crippen LogP contribution in [0, 0.1) is 5.92 Å². The first-order chi connectivity index (χ1) is 8.38. The molecule has 2 N–H and O–H groups in total. The van der Waals surface area contributed by atoms with Crippen molar-refractivity contribution in [2.24, 2.45) is 11.7 Å². The maximum Gasteiger partial charge on any atom is 0.336 e. The molecule has 2 amide bonds. The molecule has 0 radical (unpaired) electrons. The van der Waals surface area contributed by atoms with Crippen molar-refractivity contribution in [3.8, 4) is 0 Å². The molecule has 6 heteroatoms. The maximum atomic E-state index is 11.8. The van der Waals surface area contributed by atoms with Gasteiger partial charge in [0.15, 0.2) is 0 Å². The number of hydrogen-bond acceptors (Lipinski definition) is 4. The highest BCUT2D eigenvalue weighted by atomic mass is 16.5. The fraction of sp³-hybridized carbons (Fsp3) is 0.583. The van der Waals surface area contributed by atoms with Gasteiger partial charge in [0.2, 0.25) is 11.8 Å². The molecule has 0 aromatic heterocycles. The van der Waals surface area contributed by atoms with Crippen LogP contribution < -0.4 is 5.73 Å². The summed E-state index contributed by atoms with van der Waals surface area (Å²) in [6.45, 7) is 5.19. The number of allylic oxidation sites excluding steroid dienone is 1. The van der Waals surface area contributed by atoms with Crippen LogP contribution in [0.5, 0.6) is 0 Å². The first kappa shape index (κ1) is 14.2. The lowest BCUT2D eigenvalue weighted by Gasteiger charge is -2.31. The Hall–Kier alpha value is -1.85. The second-order valence-electron chi connectivity index (χ2n) is 4.27. The summed E-state index contributed by atoms with van der Waals surface area (Å²) in [6, 6.07) is 0. The molecular weight excluding hydrogens is 236 g/mol. The number of ether oxygens (including phenoxy) is 1. The average molecular weight is 254 g/mol. The van der Waals surface area contributed by atoms with Crippen LogP contribution in [0.1, 0.15) is 27.2 Å². The van der Waals surface area contributed by atoms with Gasteiger partial charge in [0, 0.05) is 12.1 Å². The summed E-state index contributed by atoms with van der Waals surface area (Å²) in [7, 11) is 0. The minimum Gasteiger partial charge on any atom is -0.463 e. The average Bonchev–Trinajstić information content (AvgIpc) is 2.24. The molecular formula is C12H18N2O4. The van der Waals surface area contributed by atoms with E-state index >= 15 is 0 Å². The van der Waals surface area contributed by atoms with Gasteiger partial charge in [-0.1, -0.05) is 6.92 Å². The highest BCUT2D eigenvalue weighted by Gasteiger charge is 2.33. The highest BCUT2D eigenvalue weighted by Crippen LogP contribution is 2.28. The van der Waals surface area contributed by atoms with Crippen molar-refractivity contribution in [1.82, 2.24) is 4.90 Å². The third-order valence-electron chi connectivity index (χ3n) is 2.88. The number of esters is 1. The summed E-state index contributed by atoms with van der Waals surface area (Å²) < 4.78 is 4.96. The Labute approximate surface area is 106 Å². The van der Waals surface area contributed by atoms with E-state index in [9.17, 15) is 14.4 Å². The van der Waals surface area contributed by atoms with Crippen LogP contribution in [-0.2, 0) is 19.1 Å². The normalized spacial score (nSPS) is 20.1. The van der Waals surface area contributed by atoms with E-state index in [1.807, 2.05) is 0 Å². The standard InChI is InChI=1S/C12H18N2O4/c1-4-18-12(17)11-7(2)5-10(16)14(8(11)3)6-9(13)15/h7H,4-6H2,1-3H3,(H2,13,15). The second kappa shape index (κ2) is 5.66. The van der Waals surface area contributed by atoms with Crippen LogP contribution in [-0.4, -0.2) is 35.8 Å². The number of carbonyl (C=O) groups is 3. The van der Waals surface area contributed by atoms with Crippen LogP contribution in [0.15, 0.2) is 11.3 Å². The van der Waals surface area contributed by atoms with Crippen LogP contribution in [0.4, 0.5) is 0 Å². The molecule has 1 aliphatic rings. The van der Waals surface area contributed by atoms with Gasteiger partial charge >= 0.3 is 5.97 Å². The van der Waals surface area contributed by atoms with E-state index in [1.165, 1.54) is 4.90 Å². The Bertz CT molecular complexity index is 414. The highest BCUT2D eigenvalue weighted by molar-refractivity contribution is 5.95. The molecule has 0 aromatic rings. The Morgan fingerprint density at radius 1 is 1.50 bits per heavy atom. The van der Waals surface area contributed by atoms with Crippen LogP contribution in [0.25, 0.3) is 0 Å². The zero-order valence-corrected chi connectivity index (χ0v) is 10.9. The van der Waals surface area contributed by atoms with Gasteiger partial charge in [-0.25, -0.2) is 4.79 Å². The van der Waals surface area contributed by atoms with E-state index in [1.54, 1.807) is 20.8 Å². The van der Waals surface area contributed by atoms with Gasteiger partial charge in [-0.3, -0.25) is 9.59 Å². The van der Waals surface area contributed by atoms with Gasteiger partial charge in [0.05, 0.1) is 12.2 Å². The maximum absolute atomic E-state index is 11.8. The van der Waals surface area contributed by atoms with Gasteiger partial charge < -0.3 is 15.4 Å². The van der Waals surface area contributed by atoms with Gasteiger partial charge in [-0.2, -0.15) is 0 Å². The van der Waals surface area contributed by atoms with Crippen molar-refractivity contribution >= 4 is 17.8 Å². The Morgan fingerprint density at radius 3 is 2.61 bits per heavy atom. The Kier molecular flexibility index (Phi) is 4.47. The monoisotopic (exact) mass is 254 g/mol. The van der Waals surface area contributed by atoms with Gasteiger partial charge in [0.25, 0.3) is 0 Å². The zero-order chi connectivity index (χ0) is 13.9. The van der Waals surface area contributed by atoms with Gasteiger partial charge in [-0.05, 0) is 19.8 Å². The topological polar surface area (TPSA) is 89.7 Å². The SMILES string of the molecule is CCOC(=O)C1=C(C)N(CC(N)=O)C(=O)CC1C. The number of hydrogen-bond donors (Lipinski definition) is 1. The van der Waals surface area contributed by atoms with Crippen molar-refractivity contribution in [2.45, 2.75) is 27.2 Å². The van der Waals surface area contributed by atoms with Crippen LogP contribution in [0.2, 0.25) is 0 Å². The van der Waals surface area contributed by atoms with Crippen molar-refractivity contribution in [3.05, 3.63) is 11.3 Å². The third kappa shape index (κ3) is 2.88.